The van der Waals surface area contributed by atoms with Gasteiger partial charge in [-0.3, -0.25) is 0 Å². The molecule has 3 aromatic rings. The summed E-state index contributed by atoms with van der Waals surface area (Å²) in [4.78, 5) is 0. The molecule has 0 aliphatic carbocycles. The summed E-state index contributed by atoms with van der Waals surface area (Å²) in [7, 11) is 0. The highest BCUT2D eigenvalue weighted by Crippen LogP contribution is 2.20. The first-order chi connectivity index (χ1) is 12.9. The molecular formula is C24H29N3. The molecule has 0 unspecified atom stereocenters. The van der Waals surface area contributed by atoms with Crippen molar-refractivity contribution in [1.29, 1.82) is 0 Å². The summed E-state index contributed by atoms with van der Waals surface area (Å²) in [6, 6.07) is 18.9. The molecule has 0 aliphatic rings. The molecule has 0 saturated carbocycles. The first-order valence-corrected chi connectivity index (χ1v) is 9.49. The molecule has 0 atom stereocenters. The molecule has 3 rings (SSSR count). The minimum absolute atomic E-state index is 0.821. The van der Waals surface area contributed by atoms with Crippen LogP contribution in [0.2, 0.25) is 0 Å². The van der Waals surface area contributed by atoms with Crippen molar-refractivity contribution < 1.29 is 0 Å². The van der Waals surface area contributed by atoms with Crippen molar-refractivity contribution >= 4 is 17.1 Å². The smallest absolute Gasteiger partial charge is 0.0346 e. The Labute approximate surface area is 162 Å². The van der Waals surface area contributed by atoms with Crippen LogP contribution >= 0.6 is 0 Å². The Hall–Kier alpha value is -2.94. The lowest BCUT2D eigenvalue weighted by Gasteiger charge is -2.10. The van der Waals surface area contributed by atoms with Gasteiger partial charge in [0, 0.05) is 17.1 Å². The number of aryl methyl sites for hydroxylation is 6. The van der Waals surface area contributed by atoms with Crippen LogP contribution in [0.3, 0.4) is 0 Å². The highest BCUT2D eigenvalue weighted by atomic mass is 14.6. The van der Waals surface area contributed by atoms with Crippen LogP contribution < -0.4 is 17.2 Å². The summed E-state index contributed by atoms with van der Waals surface area (Å²) in [5.74, 6) is 0. The predicted octanol–water partition coefficient (Wildman–Crippen LogP) is 4.62. The molecule has 0 aromatic heterocycles. The molecule has 6 N–H and O–H groups in total. The number of hydrogen-bond acceptors (Lipinski definition) is 3. The molecule has 3 aromatic carbocycles. The number of anilines is 3. The maximum absolute atomic E-state index is 6.16. The van der Waals surface area contributed by atoms with Gasteiger partial charge in [-0.2, -0.15) is 0 Å². The molecule has 140 valence electrons. The second-order valence-electron chi connectivity index (χ2n) is 7.46. The van der Waals surface area contributed by atoms with E-state index in [9.17, 15) is 0 Å². The van der Waals surface area contributed by atoms with Crippen molar-refractivity contribution in [3.05, 3.63) is 88.0 Å². The van der Waals surface area contributed by atoms with Crippen molar-refractivity contribution in [2.24, 2.45) is 0 Å². The molecular weight excluding hydrogens is 330 g/mol. The second-order valence-corrected chi connectivity index (χ2v) is 7.46. The normalized spacial score (nSPS) is 10.9. The van der Waals surface area contributed by atoms with Crippen LogP contribution in [-0.4, -0.2) is 0 Å². The lowest BCUT2D eigenvalue weighted by atomic mass is 9.96. The quantitative estimate of drug-likeness (QED) is 0.562. The van der Waals surface area contributed by atoms with E-state index in [-0.39, 0.29) is 0 Å². The Morgan fingerprint density at radius 2 is 1.19 bits per heavy atom. The third-order valence-corrected chi connectivity index (χ3v) is 5.18. The van der Waals surface area contributed by atoms with E-state index in [1.807, 2.05) is 13.0 Å². The molecule has 0 bridgehead atoms. The highest BCUT2D eigenvalue weighted by Gasteiger charge is 2.05. The minimum Gasteiger partial charge on any atom is -0.399 e. The van der Waals surface area contributed by atoms with Crippen molar-refractivity contribution in [1.82, 2.24) is 0 Å². The summed E-state index contributed by atoms with van der Waals surface area (Å²) >= 11 is 0. The third-order valence-electron chi connectivity index (χ3n) is 5.18. The molecule has 0 saturated heterocycles. The molecule has 0 spiro atoms. The van der Waals surface area contributed by atoms with Crippen molar-refractivity contribution in [2.75, 3.05) is 17.2 Å². The van der Waals surface area contributed by atoms with Crippen molar-refractivity contribution in [3.8, 4) is 0 Å². The van der Waals surface area contributed by atoms with Crippen LogP contribution in [-0.2, 0) is 25.7 Å². The van der Waals surface area contributed by atoms with Crippen molar-refractivity contribution in [2.45, 2.75) is 39.5 Å². The molecule has 0 radical (unpaired) electrons. The summed E-state index contributed by atoms with van der Waals surface area (Å²) in [6.07, 6.45) is 3.84. The molecule has 3 heteroatoms. The monoisotopic (exact) mass is 359 g/mol. The Morgan fingerprint density at radius 3 is 1.89 bits per heavy atom. The van der Waals surface area contributed by atoms with Gasteiger partial charge in [-0.15, -0.1) is 0 Å². The zero-order chi connectivity index (χ0) is 19.4. The lowest BCUT2D eigenvalue weighted by Crippen LogP contribution is -2.00. The summed E-state index contributed by atoms with van der Waals surface area (Å²) in [5.41, 5.74) is 28.1. The molecule has 3 nitrogen and oxygen atoms in total. The molecule has 0 amide bonds. The fraction of sp³-hybridized carbons (Fsp3) is 0.250. The number of nitrogen functional groups attached to an aromatic ring is 3. The topological polar surface area (TPSA) is 78.1 Å². The van der Waals surface area contributed by atoms with Gasteiger partial charge in [0.05, 0.1) is 0 Å². The Morgan fingerprint density at radius 1 is 0.556 bits per heavy atom. The number of benzene rings is 3. The lowest BCUT2D eigenvalue weighted by molar-refractivity contribution is 0.927. The maximum atomic E-state index is 6.16. The Kier molecular flexibility index (Phi) is 5.70. The standard InChI is InChI=1S/C24H29N3/c1-16-4-10-22(25)15-21(16)9-8-20-11-19(12-23(26)13-20)7-6-18-5-3-17(2)24(27)14-18/h3-5,10-15H,6-9,25-27H2,1-2H3. The van der Waals surface area contributed by atoms with Gasteiger partial charge in [0.25, 0.3) is 0 Å². The summed E-state index contributed by atoms with van der Waals surface area (Å²) in [5, 5.41) is 0. The van der Waals surface area contributed by atoms with Crippen LogP contribution in [0.15, 0.2) is 54.6 Å². The first-order valence-electron chi connectivity index (χ1n) is 9.49. The van der Waals surface area contributed by atoms with E-state index in [1.165, 1.54) is 27.8 Å². The van der Waals surface area contributed by atoms with E-state index >= 15 is 0 Å². The van der Waals surface area contributed by atoms with Gasteiger partial charge in [0.2, 0.25) is 0 Å². The van der Waals surface area contributed by atoms with Crippen LogP contribution in [0.5, 0.6) is 0 Å². The van der Waals surface area contributed by atoms with E-state index < -0.39 is 0 Å². The number of nitrogens with two attached hydrogens (primary N) is 3. The maximum Gasteiger partial charge on any atom is 0.0346 e. The van der Waals surface area contributed by atoms with Crippen molar-refractivity contribution in [3.63, 3.8) is 0 Å². The van der Waals surface area contributed by atoms with Gasteiger partial charge in [0.1, 0.15) is 0 Å². The van der Waals surface area contributed by atoms with Crippen LogP contribution in [0.25, 0.3) is 0 Å². The van der Waals surface area contributed by atoms with Gasteiger partial charge < -0.3 is 17.2 Å². The molecule has 0 aliphatic heterocycles. The van der Waals surface area contributed by atoms with Gasteiger partial charge in [-0.1, -0.05) is 24.3 Å². The molecule has 27 heavy (non-hydrogen) atoms. The van der Waals surface area contributed by atoms with E-state index in [0.717, 1.165) is 48.3 Å². The van der Waals surface area contributed by atoms with Crippen LogP contribution in [0, 0.1) is 13.8 Å². The second kappa shape index (κ2) is 8.17. The van der Waals surface area contributed by atoms with E-state index in [2.05, 4.69) is 55.5 Å². The van der Waals surface area contributed by atoms with E-state index in [1.54, 1.807) is 0 Å². The summed E-state index contributed by atoms with van der Waals surface area (Å²) < 4.78 is 0. The predicted molar refractivity (Wildman–Crippen MR) is 117 cm³/mol. The molecule has 0 heterocycles. The summed E-state index contributed by atoms with van der Waals surface area (Å²) in [6.45, 7) is 4.16. The SMILES string of the molecule is Cc1ccc(CCc2cc(N)cc(CCc3cc(N)ccc3C)c2)cc1N. The third kappa shape index (κ3) is 5.04. The average molecular weight is 360 g/mol. The van der Waals surface area contributed by atoms with Gasteiger partial charge >= 0.3 is 0 Å². The van der Waals surface area contributed by atoms with Gasteiger partial charge in [-0.05, 0) is 103 Å². The fourth-order valence-corrected chi connectivity index (χ4v) is 3.45. The number of hydrogen-bond donors (Lipinski definition) is 3. The largest absolute Gasteiger partial charge is 0.399 e. The fourth-order valence-electron chi connectivity index (χ4n) is 3.45. The van der Waals surface area contributed by atoms with Crippen LogP contribution in [0.4, 0.5) is 17.1 Å². The average Bonchev–Trinajstić information content (AvgIpc) is 2.63. The zero-order valence-corrected chi connectivity index (χ0v) is 16.3. The Balaban J connectivity index is 1.68. The molecule has 0 fully saturated rings. The number of rotatable bonds is 6. The van der Waals surface area contributed by atoms with E-state index in [0.29, 0.717) is 0 Å². The minimum atomic E-state index is 0.821. The van der Waals surface area contributed by atoms with Gasteiger partial charge in [0.15, 0.2) is 0 Å². The highest BCUT2D eigenvalue weighted by molar-refractivity contribution is 5.49. The van der Waals surface area contributed by atoms with E-state index in [4.69, 9.17) is 17.2 Å². The zero-order valence-electron chi connectivity index (χ0n) is 16.3. The van der Waals surface area contributed by atoms with Gasteiger partial charge in [-0.25, -0.2) is 0 Å². The first kappa shape index (κ1) is 18.8. The van der Waals surface area contributed by atoms with Crippen LogP contribution in [0.1, 0.15) is 33.4 Å². The Bertz CT molecular complexity index is 944.